The number of hydrogen-bond acceptors (Lipinski definition) is 2. The van der Waals surface area contributed by atoms with E-state index in [0.717, 1.165) is 0 Å². The summed E-state index contributed by atoms with van der Waals surface area (Å²) in [5, 5.41) is 3.44. The SMILES string of the molecule is CC1(C)CC(=O)CC(C)(C)N1.[O]. The van der Waals surface area contributed by atoms with Crippen molar-refractivity contribution in [1.82, 2.24) is 5.32 Å². The molecule has 1 N–H and O–H groups in total. The topological polar surface area (TPSA) is 57.6 Å². The molecule has 0 atom stereocenters. The van der Waals surface area contributed by atoms with Gasteiger partial charge in [-0.1, -0.05) is 0 Å². The summed E-state index contributed by atoms with van der Waals surface area (Å²) in [6.45, 7) is 8.30. The third-order valence-corrected chi connectivity index (χ3v) is 1.95. The minimum atomic E-state index is -0.0150. The van der Waals surface area contributed by atoms with Crippen molar-refractivity contribution >= 4 is 5.78 Å². The van der Waals surface area contributed by atoms with E-state index in [1.165, 1.54) is 0 Å². The van der Waals surface area contributed by atoms with E-state index in [9.17, 15) is 4.79 Å². The third-order valence-electron chi connectivity index (χ3n) is 1.95. The van der Waals surface area contributed by atoms with Crippen molar-refractivity contribution in [3.05, 3.63) is 0 Å². The molecule has 1 fully saturated rings. The fourth-order valence-corrected chi connectivity index (χ4v) is 2.05. The molecule has 3 heteroatoms. The first-order valence-electron chi connectivity index (χ1n) is 4.12. The quantitative estimate of drug-likeness (QED) is 0.598. The molecule has 0 aromatic heterocycles. The van der Waals surface area contributed by atoms with Gasteiger partial charge in [0.05, 0.1) is 0 Å². The first-order valence-corrected chi connectivity index (χ1v) is 4.12. The molecule has 1 aliphatic heterocycles. The summed E-state index contributed by atoms with van der Waals surface area (Å²) < 4.78 is 0. The molecular formula is C9H17NO2. The van der Waals surface area contributed by atoms with E-state index >= 15 is 0 Å². The molecule has 2 radical (unpaired) electrons. The molecule has 0 aromatic carbocycles. The van der Waals surface area contributed by atoms with E-state index in [1.807, 2.05) is 0 Å². The fourth-order valence-electron chi connectivity index (χ4n) is 2.05. The molecule has 1 aliphatic rings. The van der Waals surface area contributed by atoms with Crippen molar-refractivity contribution in [2.75, 3.05) is 0 Å². The van der Waals surface area contributed by atoms with E-state index in [-0.39, 0.29) is 16.6 Å². The van der Waals surface area contributed by atoms with Gasteiger partial charge in [0.15, 0.2) is 0 Å². The maximum atomic E-state index is 11.3. The number of hydrogen-bond donors (Lipinski definition) is 1. The summed E-state index contributed by atoms with van der Waals surface area (Å²) in [4.78, 5) is 11.3. The normalized spacial score (nSPS) is 26.2. The molecule has 0 amide bonds. The van der Waals surface area contributed by atoms with Crippen LogP contribution in [0.25, 0.3) is 0 Å². The average molecular weight is 171 g/mol. The van der Waals surface area contributed by atoms with Gasteiger partial charge in [-0.05, 0) is 27.7 Å². The van der Waals surface area contributed by atoms with Crippen LogP contribution in [0.1, 0.15) is 40.5 Å². The second-order valence-electron chi connectivity index (χ2n) is 4.78. The first-order chi connectivity index (χ1) is 4.81. The zero-order valence-electron chi connectivity index (χ0n) is 8.23. The molecule has 0 aromatic rings. The maximum Gasteiger partial charge on any atom is 0.136 e. The molecule has 3 nitrogen and oxygen atoms in total. The van der Waals surface area contributed by atoms with Crippen LogP contribution in [0.3, 0.4) is 0 Å². The molecule has 12 heavy (non-hydrogen) atoms. The van der Waals surface area contributed by atoms with Crippen LogP contribution in [-0.2, 0) is 10.3 Å². The largest absolute Gasteiger partial charge is 0.306 e. The summed E-state index contributed by atoms with van der Waals surface area (Å²) in [5.74, 6) is 0.374. The summed E-state index contributed by atoms with van der Waals surface area (Å²) >= 11 is 0. The summed E-state index contributed by atoms with van der Waals surface area (Å²) in [6.07, 6.45) is 1.33. The lowest BCUT2D eigenvalue weighted by Gasteiger charge is -2.41. The lowest BCUT2D eigenvalue weighted by Crippen LogP contribution is -2.58. The Kier molecular flexibility index (Phi) is 3.04. The van der Waals surface area contributed by atoms with Crippen molar-refractivity contribution in [2.45, 2.75) is 51.6 Å². The minimum absolute atomic E-state index is 0. The highest BCUT2D eigenvalue weighted by atomic mass is 16.1. The molecule has 0 saturated carbocycles. The van der Waals surface area contributed by atoms with Gasteiger partial charge < -0.3 is 5.32 Å². The summed E-state index contributed by atoms with van der Waals surface area (Å²) in [6, 6.07) is 0. The number of carbonyl (C=O) groups excluding carboxylic acids is 1. The van der Waals surface area contributed by atoms with Crippen LogP contribution >= 0.6 is 0 Å². The van der Waals surface area contributed by atoms with Crippen molar-refractivity contribution in [3.63, 3.8) is 0 Å². The minimum Gasteiger partial charge on any atom is -0.306 e. The van der Waals surface area contributed by atoms with Gasteiger partial charge in [0.1, 0.15) is 5.78 Å². The Balaban J connectivity index is 0.00000121. The number of piperidine rings is 1. The van der Waals surface area contributed by atoms with E-state index in [1.54, 1.807) is 0 Å². The Hall–Kier alpha value is -0.410. The number of Topliss-reactive ketones (excluding diaryl/α,β-unsaturated/α-hetero) is 1. The smallest absolute Gasteiger partial charge is 0.136 e. The number of nitrogens with one attached hydrogen (secondary N) is 1. The van der Waals surface area contributed by atoms with Crippen LogP contribution < -0.4 is 5.32 Å². The van der Waals surface area contributed by atoms with Crippen LogP contribution in [0.2, 0.25) is 0 Å². The third kappa shape index (κ3) is 2.91. The highest BCUT2D eigenvalue weighted by molar-refractivity contribution is 5.81. The Labute approximate surface area is 73.8 Å². The molecular weight excluding hydrogens is 154 g/mol. The number of rotatable bonds is 0. The van der Waals surface area contributed by atoms with Crippen molar-refractivity contribution in [1.29, 1.82) is 0 Å². The zero-order valence-corrected chi connectivity index (χ0v) is 8.23. The van der Waals surface area contributed by atoms with Gasteiger partial charge in [-0.2, -0.15) is 0 Å². The van der Waals surface area contributed by atoms with E-state index < -0.39 is 0 Å². The van der Waals surface area contributed by atoms with Gasteiger partial charge in [-0.3, -0.25) is 4.79 Å². The van der Waals surface area contributed by atoms with Gasteiger partial charge in [0.2, 0.25) is 0 Å². The van der Waals surface area contributed by atoms with Gasteiger partial charge in [-0.15, -0.1) is 0 Å². The molecule has 1 saturated heterocycles. The number of ketones is 1. The van der Waals surface area contributed by atoms with Gasteiger partial charge >= 0.3 is 0 Å². The average Bonchev–Trinajstić information content (AvgIpc) is 1.49. The van der Waals surface area contributed by atoms with Crippen LogP contribution in [0.5, 0.6) is 0 Å². The first kappa shape index (κ1) is 11.6. The monoisotopic (exact) mass is 171 g/mol. The predicted molar refractivity (Wildman–Crippen MR) is 46.2 cm³/mol. The van der Waals surface area contributed by atoms with Crippen LogP contribution in [0.15, 0.2) is 0 Å². The number of carbonyl (C=O) groups is 1. The van der Waals surface area contributed by atoms with Crippen LogP contribution in [0, 0.1) is 0 Å². The zero-order chi connectivity index (χ0) is 8.70. The van der Waals surface area contributed by atoms with Crippen molar-refractivity contribution in [2.24, 2.45) is 0 Å². The standard InChI is InChI=1S/C9H17NO.O/c1-8(2)5-7(11)6-9(3,4)10-8;/h10H,5-6H2,1-4H3;. The molecule has 0 spiro atoms. The van der Waals surface area contributed by atoms with Crippen molar-refractivity contribution < 1.29 is 10.3 Å². The van der Waals surface area contributed by atoms with Crippen LogP contribution in [0.4, 0.5) is 0 Å². The van der Waals surface area contributed by atoms with Crippen molar-refractivity contribution in [3.8, 4) is 0 Å². The van der Waals surface area contributed by atoms with E-state index in [4.69, 9.17) is 0 Å². The van der Waals surface area contributed by atoms with E-state index in [2.05, 4.69) is 33.0 Å². The second-order valence-corrected chi connectivity index (χ2v) is 4.78. The maximum absolute atomic E-state index is 11.3. The fraction of sp³-hybridized carbons (Fsp3) is 0.889. The highest BCUT2D eigenvalue weighted by Crippen LogP contribution is 2.25. The Morgan fingerprint density at radius 1 is 1.08 bits per heavy atom. The lowest BCUT2D eigenvalue weighted by molar-refractivity contribution is -0.124. The summed E-state index contributed by atoms with van der Waals surface area (Å²) in [5.41, 5.74) is -0.0301. The van der Waals surface area contributed by atoms with Gasteiger partial charge in [-0.25, -0.2) is 0 Å². The Morgan fingerprint density at radius 2 is 1.42 bits per heavy atom. The van der Waals surface area contributed by atoms with Gasteiger partial charge in [0.25, 0.3) is 0 Å². The second kappa shape index (κ2) is 3.15. The predicted octanol–water partition coefficient (Wildman–Crippen LogP) is 1.38. The molecule has 0 aliphatic carbocycles. The Morgan fingerprint density at radius 3 is 1.67 bits per heavy atom. The van der Waals surface area contributed by atoms with Crippen LogP contribution in [-0.4, -0.2) is 16.9 Å². The molecule has 0 bridgehead atoms. The summed E-state index contributed by atoms with van der Waals surface area (Å²) in [7, 11) is 0. The lowest BCUT2D eigenvalue weighted by atomic mass is 9.82. The molecule has 1 rings (SSSR count). The molecule has 70 valence electrons. The van der Waals surface area contributed by atoms with Gasteiger partial charge in [0, 0.05) is 29.4 Å². The molecule has 0 unspecified atom stereocenters. The Bertz CT molecular complexity index is 167. The molecule has 1 heterocycles. The highest BCUT2D eigenvalue weighted by Gasteiger charge is 2.36. The van der Waals surface area contributed by atoms with E-state index in [0.29, 0.717) is 18.6 Å².